The lowest BCUT2D eigenvalue weighted by atomic mass is 10.0. The van der Waals surface area contributed by atoms with Gasteiger partial charge in [-0.1, -0.05) is 6.07 Å². The Kier molecular flexibility index (Phi) is 5.79. The van der Waals surface area contributed by atoms with Gasteiger partial charge in [-0.25, -0.2) is 4.39 Å². The Morgan fingerprint density at radius 1 is 1.34 bits per heavy atom. The largest absolute Gasteiger partial charge is 0.505 e. The molecule has 3 aromatic rings. The van der Waals surface area contributed by atoms with E-state index >= 15 is 0 Å². The summed E-state index contributed by atoms with van der Waals surface area (Å²) in [5.74, 6) is -1.34. The molecule has 0 radical (unpaired) electrons. The number of ether oxygens (including phenoxy) is 1. The van der Waals surface area contributed by atoms with Gasteiger partial charge in [-0.2, -0.15) is 0 Å². The maximum Gasteiger partial charge on any atom is 0.267 e. The Hall–Kier alpha value is -3.46. The number of nitrogens with zero attached hydrogens (tertiary/aromatic N) is 2. The van der Waals surface area contributed by atoms with Crippen LogP contribution in [0.3, 0.4) is 0 Å². The number of aliphatic hydroxyl groups excluding tert-OH is 1. The van der Waals surface area contributed by atoms with Gasteiger partial charge < -0.3 is 24.8 Å². The lowest BCUT2D eigenvalue weighted by Crippen LogP contribution is -2.34. The molecule has 1 amide bonds. The van der Waals surface area contributed by atoms with Crippen LogP contribution in [-0.4, -0.2) is 45.9 Å². The lowest BCUT2D eigenvalue weighted by Gasteiger charge is -2.13. The molecule has 0 unspecified atom stereocenters. The Morgan fingerprint density at radius 2 is 2.10 bits per heavy atom. The number of benzene rings is 1. The minimum absolute atomic E-state index is 0.0503. The number of carbonyl (C=O) groups is 1. The van der Waals surface area contributed by atoms with Gasteiger partial charge in [-0.3, -0.25) is 14.6 Å². The molecule has 9 heteroatoms. The molecule has 29 heavy (non-hydrogen) atoms. The van der Waals surface area contributed by atoms with Gasteiger partial charge in [-0.15, -0.1) is 0 Å². The number of methoxy groups -OCH3 is 1. The summed E-state index contributed by atoms with van der Waals surface area (Å²) in [6.45, 7) is -0.347. The van der Waals surface area contributed by atoms with E-state index in [1.807, 2.05) is 0 Å². The van der Waals surface area contributed by atoms with Gasteiger partial charge in [-0.05, 0) is 23.3 Å². The molecule has 8 nitrogen and oxygen atoms in total. The Labute approximate surface area is 165 Å². The molecule has 0 aliphatic carbocycles. The molecule has 0 aliphatic heterocycles. The van der Waals surface area contributed by atoms with Crippen molar-refractivity contribution in [2.24, 2.45) is 7.05 Å². The molecule has 0 spiro atoms. The third kappa shape index (κ3) is 3.90. The number of hydrogen-bond acceptors (Lipinski definition) is 6. The number of aromatic nitrogens is 2. The molecule has 2 aromatic heterocycles. The van der Waals surface area contributed by atoms with Gasteiger partial charge in [0.1, 0.15) is 22.6 Å². The van der Waals surface area contributed by atoms with Gasteiger partial charge >= 0.3 is 0 Å². The fourth-order valence-corrected chi connectivity index (χ4v) is 3.07. The summed E-state index contributed by atoms with van der Waals surface area (Å²) < 4.78 is 19.8. The quantitative estimate of drug-likeness (QED) is 0.570. The maximum atomic E-state index is 13.4. The molecule has 0 saturated heterocycles. The molecular formula is C20H20FN3O5. The monoisotopic (exact) mass is 401 g/mol. The summed E-state index contributed by atoms with van der Waals surface area (Å²) in [6, 6.07) is 5.87. The van der Waals surface area contributed by atoms with Crippen LogP contribution in [0.1, 0.15) is 21.5 Å². The van der Waals surface area contributed by atoms with Crippen LogP contribution in [0.25, 0.3) is 11.0 Å². The summed E-state index contributed by atoms with van der Waals surface area (Å²) in [5.41, 5.74) is 0.733. The third-order valence-electron chi connectivity index (χ3n) is 4.53. The van der Waals surface area contributed by atoms with Crippen molar-refractivity contribution in [3.63, 3.8) is 0 Å². The highest BCUT2D eigenvalue weighted by molar-refractivity contribution is 6.01. The summed E-state index contributed by atoms with van der Waals surface area (Å²) >= 11 is 0. The van der Waals surface area contributed by atoms with Crippen LogP contribution in [0.5, 0.6) is 11.5 Å². The Morgan fingerprint density at radius 3 is 2.79 bits per heavy atom. The summed E-state index contributed by atoms with van der Waals surface area (Å²) in [4.78, 5) is 29.0. The number of aromatic hydroxyl groups is 1. The van der Waals surface area contributed by atoms with Gasteiger partial charge in [0, 0.05) is 32.3 Å². The second-order valence-corrected chi connectivity index (χ2v) is 6.41. The zero-order valence-corrected chi connectivity index (χ0v) is 15.9. The molecule has 1 aromatic carbocycles. The first-order valence-electron chi connectivity index (χ1n) is 8.79. The summed E-state index contributed by atoms with van der Waals surface area (Å²) in [7, 11) is 2.92. The molecule has 2 heterocycles. The first kappa shape index (κ1) is 20.3. The number of nitrogens with one attached hydrogen (secondary N) is 1. The second kappa shape index (κ2) is 8.27. The van der Waals surface area contributed by atoms with Crippen LogP contribution in [0.4, 0.5) is 4.39 Å². The van der Waals surface area contributed by atoms with Crippen molar-refractivity contribution < 1.29 is 24.1 Å². The minimum Gasteiger partial charge on any atom is -0.505 e. The molecule has 0 fully saturated rings. The maximum absolute atomic E-state index is 13.4. The van der Waals surface area contributed by atoms with Crippen LogP contribution >= 0.6 is 0 Å². The second-order valence-electron chi connectivity index (χ2n) is 6.41. The van der Waals surface area contributed by atoms with Gasteiger partial charge in [0.2, 0.25) is 0 Å². The van der Waals surface area contributed by atoms with Crippen molar-refractivity contribution in [2.45, 2.75) is 6.42 Å². The fraction of sp³-hybridized carbons (Fsp3) is 0.250. The van der Waals surface area contributed by atoms with Crippen molar-refractivity contribution in [1.29, 1.82) is 0 Å². The molecule has 3 N–H and O–H groups in total. The highest BCUT2D eigenvalue weighted by Gasteiger charge is 2.22. The molecule has 152 valence electrons. The number of pyridine rings is 2. The Bertz CT molecular complexity index is 1140. The molecule has 0 bridgehead atoms. The average Bonchev–Trinajstić information content (AvgIpc) is 2.71. The third-order valence-corrected chi connectivity index (χ3v) is 4.53. The SMILES string of the molecule is COc1cc(F)ccc1Cc1cnc2c(O)c(C(=O)NCCO)c(=O)n(C)c2c1. The predicted molar refractivity (Wildman–Crippen MR) is 104 cm³/mol. The van der Waals surface area contributed by atoms with Crippen molar-refractivity contribution in [3.05, 3.63) is 63.3 Å². The van der Waals surface area contributed by atoms with Crippen LogP contribution in [0.2, 0.25) is 0 Å². The highest BCUT2D eigenvalue weighted by atomic mass is 19.1. The van der Waals surface area contributed by atoms with Crippen LogP contribution in [0, 0.1) is 5.82 Å². The molecule has 0 atom stereocenters. The van der Waals surface area contributed by atoms with E-state index in [4.69, 9.17) is 9.84 Å². The molecule has 0 saturated carbocycles. The van der Waals surface area contributed by atoms with Crippen molar-refractivity contribution >= 4 is 16.9 Å². The summed E-state index contributed by atoms with van der Waals surface area (Å²) in [6.07, 6.45) is 1.87. The fourth-order valence-electron chi connectivity index (χ4n) is 3.07. The average molecular weight is 401 g/mol. The van der Waals surface area contributed by atoms with E-state index in [2.05, 4.69) is 10.3 Å². The normalized spacial score (nSPS) is 10.9. The van der Waals surface area contributed by atoms with E-state index in [0.29, 0.717) is 23.3 Å². The molecule has 0 aliphatic rings. The zero-order chi connectivity index (χ0) is 21.1. The number of rotatable bonds is 6. The van der Waals surface area contributed by atoms with Crippen molar-refractivity contribution in [3.8, 4) is 11.5 Å². The highest BCUT2D eigenvalue weighted by Crippen LogP contribution is 2.27. The lowest BCUT2D eigenvalue weighted by molar-refractivity contribution is 0.0940. The van der Waals surface area contributed by atoms with Gasteiger partial charge in [0.15, 0.2) is 5.75 Å². The van der Waals surface area contributed by atoms with E-state index in [1.165, 1.54) is 37.1 Å². The van der Waals surface area contributed by atoms with Gasteiger partial charge in [0.25, 0.3) is 11.5 Å². The zero-order valence-electron chi connectivity index (χ0n) is 15.9. The topological polar surface area (TPSA) is 114 Å². The van der Waals surface area contributed by atoms with E-state index in [1.54, 1.807) is 12.1 Å². The first-order chi connectivity index (χ1) is 13.9. The van der Waals surface area contributed by atoms with E-state index < -0.39 is 28.6 Å². The first-order valence-corrected chi connectivity index (χ1v) is 8.79. The number of carbonyl (C=O) groups excluding carboxylic acids is 1. The van der Waals surface area contributed by atoms with Crippen molar-refractivity contribution in [2.75, 3.05) is 20.3 Å². The number of hydrogen-bond donors (Lipinski definition) is 3. The van der Waals surface area contributed by atoms with E-state index in [0.717, 1.165) is 5.56 Å². The molecule has 3 rings (SSSR count). The van der Waals surface area contributed by atoms with Gasteiger partial charge in [0.05, 0.1) is 19.2 Å². The Balaban J connectivity index is 2.06. The van der Waals surface area contributed by atoms with E-state index in [9.17, 15) is 19.1 Å². The van der Waals surface area contributed by atoms with Crippen LogP contribution < -0.4 is 15.6 Å². The minimum atomic E-state index is -0.791. The summed E-state index contributed by atoms with van der Waals surface area (Å²) in [5, 5.41) is 21.6. The predicted octanol–water partition coefficient (Wildman–Crippen LogP) is 1.10. The smallest absolute Gasteiger partial charge is 0.267 e. The van der Waals surface area contributed by atoms with Crippen LogP contribution in [-0.2, 0) is 13.5 Å². The number of aryl methyl sites for hydroxylation is 1. The van der Waals surface area contributed by atoms with Crippen LogP contribution in [0.15, 0.2) is 35.3 Å². The van der Waals surface area contributed by atoms with Crippen molar-refractivity contribution in [1.82, 2.24) is 14.9 Å². The number of fused-ring (bicyclic) bond motifs is 1. The number of aliphatic hydroxyl groups is 1. The standard InChI is InChI=1S/C20H20FN3O5/c1-24-14-8-11(7-12-3-4-13(21)9-15(12)29-2)10-23-17(14)18(26)16(20(24)28)19(27)22-5-6-25/h3-4,8-10,25-26H,5-7H2,1-2H3,(H,22,27). The molecular weight excluding hydrogens is 381 g/mol. The number of amides is 1. The number of halogens is 1. The van der Waals surface area contributed by atoms with E-state index in [-0.39, 0.29) is 18.7 Å².